The average molecular weight is 547 g/mol. The summed E-state index contributed by atoms with van der Waals surface area (Å²) < 4.78 is 0. The highest BCUT2D eigenvalue weighted by Gasteiger charge is 2.12. The first-order valence-corrected chi connectivity index (χ1v) is 11.4. The highest BCUT2D eigenvalue weighted by atomic mass is 127. The van der Waals surface area contributed by atoms with Gasteiger partial charge < -0.3 is 20.5 Å². The van der Waals surface area contributed by atoms with Crippen molar-refractivity contribution < 1.29 is 0 Å². The van der Waals surface area contributed by atoms with E-state index in [1.165, 1.54) is 53.4 Å². The molecule has 0 amide bonds. The van der Waals surface area contributed by atoms with Crippen LogP contribution >= 0.6 is 24.0 Å². The number of rotatable bonds is 6. The maximum Gasteiger partial charge on any atom is 0.191 e. The molecule has 1 aromatic carbocycles. The normalized spacial score (nSPS) is 14.7. The van der Waals surface area contributed by atoms with Gasteiger partial charge in [-0.3, -0.25) is 4.99 Å². The Bertz CT molecular complexity index is 1020. The minimum atomic E-state index is 0. The summed E-state index contributed by atoms with van der Waals surface area (Å²) in [7, 11) is 1.82. The van der Waals surface area contributed by atoms with E-state index in [-0.39, 0.29) is 24.0 Å². The molecular weight excluding hydrogens is 511 g/mol. The fourth-order valence-corrected chi connectivity index (χ4v) is 4.41. The lowest BCUT2D eigenvalue weighted by molar-refractivity contribution is 0.726. The number of hydrogen-bond donors (Lipinski definition) is 3. The monoisotopic (exact) mass is 546 g/mol. The number of aliphatic imine (C=N–C) groups is 1. The van der Waals surface area contributed by atoms with Crippen molar-refractivity contribution in [2.45, 2.75) is 45.6 Å². The van der Waals surface area contributed by atoms with E-state index in [2.05, 4.69) is 73.8 Å². The molecule has 3 N–H and O–H groups in total. The highest BCUT2D eigenvalue weighted by molar-refractivity contribution is 14.0. The van der Waals surface area contributed by atoms with E-state index in [0.29, 0.717) is 0 Å². The van der Waals surface area contributed by atoms with Crippen molar-refractivity contribution in [1.82, 2.24) is 20.6 Å². The molecule has 6 nitrogen and oxygen atoms in total. The Balaban J connectivity index is 0.00000289. The fourth-order valence-electron chi connectivity index (χ4n) is 4.41. The molecule has 2 aromatic heterocycles. The van der Waals surface area contributed by atoms with Crippen LogP contribution in [0.4, 0.5) is 5.82 Å². The number of H-pyrrole nitrogens is 1. The molecule has 0 aliphatic carbocycles. The molecule has 172 valence electrons. The van der Waals surface area contributed by atoms with Gasteiger partial charge in [0.05, 0.1) is 0 Å². The first-order chi connectivity index (χ1) is 15.2. The molecule has 0 saturated carbocycles. The molecule has 1 fully saturated rings. The van der Waals surface area contributed by atoms with Crippen molar-refractivity contribution in [2.24, 2.45) is 4.99 Å². The number of hydrogen-bond acceptors (Lipinski definition) is 3. The third-order valence-corrected chi connectivity index (χ3v) is 6.12. The summed E-state index contributed by atoms with van der Waals surface area (Å²) in [6, 6.07) is 12.8. The first-order valence-electron chi connectivity index (χ1n) is 11.4. The van der Waals surface area contributed by atoms with Crippen LogP contribution in [0.5, 0.6) is 0 Å². The molecule has 7 heteroatoms. The lowest BCUT2D eigenvalue weighted by atomic mass is 10.1. The number of anilines is 1. The molecule has 32 heavy (non-hydrogen) atoms. The summed E-state index contributed by atoms with van der Waals surface area (Å²) in [6.45, 7) is 5.93. The maximum absolute atomic E-state index is 4.61. The number of nitrogens with one attached hydrogen (secondary N) is 3. The van der Waals surface area contributed by atoms with Gasteiger partial charge >= 0.3 is 0 Å². The smallest absolute Gasteiger partial charge is 0.191 e. The third-order valence-electron chi connectivity index (χ3n) is 6.12. The molecule has 4 rings (SSSR count). The SMILES string of the molecule is CN=C(NCCc1c(C)[nH]c2ccccc12)NCc1ccnc(N2CCCCCC2)c1.I. The van der Waals surface area contributed by atoms with Crippen LogP contribution in [0.1, 0.15) is 42.5 Å². The molecule has 0 radical (unpaired) electrons. The van der Waals surface area contributed by atoms with E-state index in [1.807, 2.05) is 13.2 Å². The van der Waals surface area contributed by atoms with Crippen molar-refractivity contribution in [1.29, 1.82) is 0 Å². The van der Waals surface area contributed by atoms with Crippen molar-refractivity contribution in [2.75, 3.05) is 31.6 Å². The van der Waals surface area contributed by atoms with Gasteiger partial charge in [0.15, 0.2) is 5.96 Å². The summed E-state index contributed by atoms with van der Waals surface area (Å²) in [4.78, 5) is 14.9. The number of pyridine rings is 1. The Morgan fingerprint density at radius 2 is 1.88 bits per heavy atom. The number of nitrogens with zero attached hydrogens (tertiary/aromatic N) is 3. The second-order valence-electron chi connectivity index (χ2n) is 8.30. The van der Waals surface area contributed by atoms with Crippen molar-refractivity contribution in [3.05, 3.63) is 59.4 Å². The number of aryl methyl sites for hydroxylation is 1. The lowest BCUT2D eigenvalue weighted by Gasteiger charge is -2.22. The van der Waals surface area contributed by atoms with Crippen LogP contribution in [0.3, 0.4) is 0 Å². The fraction of sp³-hybridized carbons (Fsp3) is 0.440. The van der Waals surface area contributed by atoms with Crippen molar-refractivity contribution in [3.8, 4) is 0 Å². The lowest BCUT2D eigenvalue weighted by Crippen LogP contribution is -2.38. The zero-order chi connectivity index (χ0) is 21.5. The van der Waals surface area contributed by atoms with E-state index in [9.17, 15) is 0 Å². The molecule has 3 heterocycles. The number of benzene rings is 1. The van der Waals surface area contributed by atoms with Gasteiger partial charge in [-0.1, -0.05) is 31.0 Å². The minimum Gasteiger partial charge on any atom is -0.358 e. The van der Waals surface area contributed by atoms with Crippen LogP contribution in [-0.2, 0) is 13.0 Å². The minimum absolute atomic E-state index is 0. The van der Waals surface area contributed by atoms with Crippen LogP contribution in [-0.4, -0.2) is 42.6 Å². The second-order valence-corrected chi connectivity index (χ2v) is 8.30. The maximum atomic E-state index is 4.61. The molecule has 1 aliphatic heterocycles. The van der Waals surface area contributed by atoms with E-state index in [0.717, 1.165) is 44.4 Å². The van der Waals surface area contributed by atoms with Crippen molar-refractivity contribution in [3.63, 3.8) is 0 Å². The zero-order valence-corrected chi connectivity index (χ0v) is 21.5. The van der Waals surface area contributed by atoms with Gasteiger partial charge in [-0.2, -0.15) is 0 Å². The molecule has 0 bridgehead atoms. The summed E-state index contributed by atoms with van der Waals surface area (Å²) >= 11 is 0. The van der Waals surface area contributed by atoms with Gasteiger partial charge in [0.1, 0.15) is 5.82 Å². The summed E-state index contributed by atoms with van der Waals surface area (Å²) in [6.07, 6.45) is 8.06. The third kappa shape index (κ3) is 6.15. The summed E-state index contributed by atoms with van der Waals surface area (Å²) in [5.74, 6) is 1.92. The van der Waals surface area contributed by atoms with Gasteiger partial charge in [0, 0.05) is 56.0 Å². The van der Waals surface area contributed by atoms with Gasteiger partial charge in [0.25, 0.3) is 0 Å². The number of aromatic nitrogens is 2. The van der Waals surface area contributed by atoms with Gasteiger partial charge in [-0.25, -0.2) is 4.98 Å². The Morgan fingerprint density at radius 1 is 1.09 bits per heavy atom. The van der Waals surface area contributed by atoms with Crippen molar-refractivity contribution >= 4 is 46.7 Å². The number of guanidine groups is 1. The van der Waals surface area contributed by atoms with Gasteiger partial charge in [0.2, 0.25) is 0 Å². The molecule has 0 spiro atoms. The quantitative estimate of drug-likeness (QED) is 0.237. The van der Waals surface area contributed by atoms with E-state index in [1.54, 1.807) is 0 Å². The van der Waals surface area contributed by atoms with Crippen LogP contribution in [0, 0.1) is 6.92 Å². The predicted octanol–water partition coefficient (Wildman–Crippen LogP) is 4.78. The van der Waals surface area contributed by atoms with Crippen LogP contribution in [0.15, 0.2) is 47.6 Å². The number of para-hydroxylation sites is 1. The molecule has 3 aromatic rings. The topological polar surface area (TPSA) is 68.3 Å². The van der Waals surface area contributed by atoms with Crippen LogP contribution < -0.4 is 15.5 Å². The van der Waals surface area contributed by atoms with E-state index >= 15 is 0 Å². The Hall–Kier alpha value is -2.29. The van der Waals surface area contributed by atoms with E-state index < -0.39 is 0 Å². The average Bonchev–Trinajstić information content (AvgIpc) is 2.96. The summed E-state index contributed by atoms with van der Waals surface area (Å²) in [5, 5.41) is 8.21. The molecule has 0 unspecified atom stereocenters. The molecule has 1 aliphatic rings. The zero-order valence-electron chi connectivity index (χ0n) is 19.2. The van der Waals surface area contributed by atoms with Crippen LogP contribution in [0.25, 0.3) is 10.9 Å². The largest absolute Gasteiger partial charge is 0.358 e. The standard InChI is InChI=1S/C25H34N6.HI/c1-19-21(22-9-5-6-10-23(22)30-19)12-14-28-25(26-2)29-18-20-11-13-27-24(17-20)31-15-7-3-4-8-16-31;/h5-6,9-11,13,17,30H,3-4,7-8,12,14-16,18H2,1-2H3,(H2,26,28,29);1H. The molecular formula is C25H35IN6. The van der Waals surface area contributed by atoms with Gasteiger partial charge in [-0.05, 0) is 55.5 Å². The number of halogens is 1. The second kappa shape index (κ2) is 12.1. The van der Waals surface area contributed by atoms with E-state index in [4.69, 9.17) is 0 Å². The Kier molecular flexibility index (Phi) is 9.20. The first kappa shape index (κ1) is 24.4. The highest BCUT2D eigenvalue weighted by Crippen LogP contribution is 2.22. The number of fused-ring (bicyclic) bond motifs is 1. The number of aromatic amines is 1. The summed E-state index contributed by atoms with van der Waals surface area (Å²) in [5.41, 5.74) is 5.04. The molecule has 0 atom stereocenters. The predicted molar refractivity (Wildman–Crippen MR) is 145 cm³/mol. The van der Waals surface area contributed by atoms with Gasteiger partial charge in [-0.15, -0.1) is 24.0 Å². The Morgan fingerprint density at radius 3 is 2.66 bits per heavy atom. The Labute approximate surface area is 208 Å². The molecule has 1 saturated heterocycles. The van der Waals surface area contributed by atoms with Crippen LogP contribution in [0.2, 0.25) is 0 Å².